The van der Waals surface area contributed by atoms with Crippen LogP contribution < -0.4 is 0 Å². The first-order valence-corrected chi connectivity index (χ1v) is 9.99. The van der Waals surface area contributed by atoms with Gasteiger partial charge in [0.15, 0.2) is 0 Å². The molecule has 6 heteroatoms. The topological polar surface area (TPSA) is 58.6 Å². The molecule has 4 rings (SSSR count). The molecule has 0 N–H and O–H groups in total. The number of fused-ring (bicyclic) bond motifs is 1. The molecular formula is C20H30N4O2. The minimum Gasteiger partial charge on any atom is -0.381 e. The van der Waals surface area contributed by atoms with Crippen molar-refractivity contribution in [1.29, 1.82) is 0 Å². The fourth-order valence-corrected chi connectivity index (χ4v) is 4.64. The molecule has 26 heavy (non-hydrogen) atoms. The van der Waals surface area contributed by atoms with Crippen molar-refractivity contribution in [3.8, 4) is 0 Å². The number of nitrogens with zero attached hydrogens (tertiary/aromatic N) is 4. The van der Waals surface area contributed by atoms with E-state index in [2.05, 4.69) is 21.8 Å². The largest absolute Gasteiger partial charge is 0.381 e. The van der Waals surface area contributed by atoms with Gasteiger partial charge in [0.2, 0.25) is 5.91 Å². The minimum absolute atomic E-state index is 0.181. The Balaban J connectivity index is 1.37. The molecule has 1 saturated heterocycles. The van der Waals surface area contributed by atoms with Crippen molar-refractivity contribution in [2.45, 2.75) is 57.1 Å². The summed E-state index contributed by atoms with van der Waals surface area (Å²) in [4.78, 5) is 26.7. The highest BCUT2D eigenvalue weighted by molar-refractivity contribution is 5.79. The smallest absolute Gasteiger partial charge is 0.225 e. The van der Waals surface area contributed by atoms with E-state index >= 15 is 0 Å². The molecule has 2 aliphatic heterocycles. The van der Waals surface area contributed by atoms with Crippen molar-refractivity contribution in [3.05, 3.63) is 23.3 Å². The number of hydrogen-bond donors (Lipinski definition) is 0. The zero-order valence-corrected chi connectivity index (χ0v) is 16.0. The number of amides is 1. The molecule has 0 aromatic carbocycles. The normalized spacial score (nSPS) is 29.6. The van der Waals surface area contributed by atoms with Crippen LogP contribution in [0.1, 0.15) is 55.1 Å². The zero-order chi connectivity index (χ0) is 18.1. The van der Waals surface area contributed by atoms with Crippen LogP contribution in [0.25, 0.3) is 0 Å². The van der Waals surface area contributed by atoms with Crippen LogP contribution in [-0.2, 0) is 22.5 Å². The quantitative estimate of drug-likeness (QED) is 0.827. The summed E-state index contributed by atoms with van der Waals surface area (Å²) in [5.41, 5.74) is 2.46. The number of likely N-dealkylation sites (N-methyl/N-ethyl adjacent to an activating group) is 1. The summed E-state index contributed by atoms with van der Waals surface area (Å²) >= 11 is 0. The highest BCUT2D eigenvalue weighted by atomic mass is 16.5. The molecule has 142 valence electrons. The summed E-state index contributed by atoms with van der Waals surface area (Å²) in [6.45, 7) is 3.62. The van der Waals surface area contributed by atoms with Crippen molar-refractivity contribution < 1.29 is 9.53 Å². The average Bonchev–Trinajstić information content (AvgIpc) is 3.17. The Morgan fingerprint density at radius 1 is 1.19 bits per heavy atom. The summed E-state index contributed by atoms with van der Waals surface area (Å²) in [5, 5.41) is 0. The molecule has 2 fully saturated rings. The Labute approximate surface area is 155 Å². The van der Waals surface area contributed by atoms with Crippen LogP contribution in [0, 0.1) is 5.92 Å². The van der Waals surface area contributed by atoms with Crippen LogP contribution >= 0.6 is 0 Å². The van der Waals surface area contributed by atoms with Crippen LogP contribution in [0.3, 0.4) is 0 Å². The Morgan fingerprint density at radius 2 is 2.00 bits per heavy atom. The van der Waals surface area contributed by atoms with Gasteiger partial charge in [0, 0.05) is 69.0 Å². The van der Waals surface area contributed by atoms with Crippen molar-refractivity contribution >= 4 is 5.91 Å². The number of hydrogen-bond acceptors (Lipinski definition) is 5. The SMILES string of the molecule is COC1CCC(C(=O)N2CCC(c3ncc4c(n3)CCN(C)C4)C2)CC1. The fraction of sp³-hybridized carbons (Fsp3) is 0.750. The van der Waals surface area contributed by atoms with Crippen LogP contribution in [-0.4, -0.2) is 65.6 Å². The van der Waals surface area contributed by atoms with E-state index in [0.717, 1.165) is 70.5 Å². The monoisotopic (exact) mass is 358 g/mol. The van der Waals surface area contributed by atoms with Crippen LogP contribution in [0.15, 0.2) is 6.20 Å². The zero-order valence-electron chi connectivity index (χ0n) is 16.0. The second-order valence-electron chi connectivity index (χ2n) is 8.17. The van der Waals surface area contributed by atoms with E-state index in [1.807, 2.05) is 6.20 Å². The number of likely N-dealkylation sites (tertiary alicyclic amines) is 1. The third-order valence-corrected chi connectivity index (χ3v) is 6.37. The Hall–Kier alpha value is -1.53. The van der Waals surface area contributed by atoms with Crippen molar-refractivity contribution in [1.82, 2.24) is 19.8 Å². The van der Waals surface area contributed by atoms with Gasteiger partial charge in [0.1, 0.15) is 5.82 Å². The first-order chi connectivity index (χ1) is 12.6. The van der Waals surface area contributed by atoms with E-state index < -0.39 is 0 Å². The number of aromatic nitrogens is 2. The van der Waals surface area contributed by atoms with Gasteiger partial charge >= 0.3 is 0 Å². The second-order valence-corrected chi connectivity index (χ2v) is 8.17. The average molecular weight is 358 g/mol. The van der Waals surface area contributed by atoms with Gasteiger partial charge in [-0.3, -0.25) is 4.79 Å². The molecule has 1 aliphatic carbocycles. The van der Waals surface area contributed by atoms with Crippen molar-refractivity contribution in [2.24, 2.45) is 5.92 Å². The lowest BCUT2D eigenvalue weighted by atomic mass is 9.86. The maximum Gasteiger partial charge on any atom is 0.225 e. The van der Waals surface area contributed by atoms with Crippen LogP contribution in [0.2, 0.25) is 0 Å². The Kier molecular flexibility index (Phi) is 5.23. The molecule has 1 aromatic heterocycles. The third kappa shape index (κ3) is 3.62. The molecule has 1 saturated carbocycles. The third-order valence-electron chi connectivity index (χ3n) is 6.37. The highest BCUT2D eigenvalue weighted by Gasteiger charge is 2.35. The number of carbonyl (C=O) groups is 1. The molecule has 1 unspecified atom stereocenters. The minimum atomic E-state index is 0.181. The molecular weight excluding hydrogens is 328 g/mol. The Bertz CT molecular complexity index is 657. The predicted molar refractivity (Wildman–Crippen MR) is 98.8 cm³/mol. The van der Waals surface area contributed by atoms with Crippen molar-refractivity contribution in [3.63, 3.8) is 0 Å². The van der Waals surface area contributed by atoms with E-state index in [0.29, 0.717) is 17.9 Å². The van der Waals surface area contributed by atoms with Gasteiger partial charge in [-0.15, -0.1) is 0 Å². The second kappa shape index (κ2) is 7.61. The van der Waals surface area contributed by atoms with Gasteiger partial charge in [-0.05, 0) is 39.2 Å². The molecule has 3 aliphatic rings. The van der Waals surface area contributed by atoms with Crippen LogP contribution in [0.5, 0.6) is 0 Å². The molecule has 1 amide bonds. The van der Waals surface area contributed by atoms with Gasteiger partial charge in [-0.1, -0.05) is 0 Å². The molecule has 1 aromatic rings. The van der Waals surface area contributed by atoms with Gasteiger partial charge in [0.05, 0.1) is 6.10 Å². The molecule has 6 nitrogen and oxygen atoms in total. The van der Waals surface area contributed by atoms with E-state index in [1.54, 1.807) is 7.11 Å². The highest BCUT2D eigenvalue weighted by Crippen LogP contribution is 2.31. The summed E-state index contributed by atoms with van der Waals surface area (Å²) in [6, 6.07) is 0. The summed E-state index contributed by atoms with van der Waals surface area (Å²) in [5.74, 6) is 1.74. The molecule has 3 heterocycles. The van der Waals surface area contributed by atoms with Gasteiger partial charge < -0.3 is 14.5 Å². The molecule has 0 spiro atoms. The lowest BCUT2D eigenvalue weighted by Gasteiger charge is -2.29. The first-order valence-electron chi connectivity index (χ1n) is 9.99. The maximum atomic E-state index is 12.9. The number of methoxy groups -OCH3 is 1. The first kappa shape index (κ1) is 17.9. The molecule has 0 bridgehead atoms. The van der Waals surface area contributed by atoms with E-state index in [4.69, 9.17) is 9.72 Å². The lowest BCUT2D eigenvalue weighted by Crippen LogP contribution is -2.37. The Morgan fingerprint density at radius 3 is 2.77 bits per heavy atom. The maximum absolute atomic E-state index is 12.9. The summed E-state index contributed by atoms with van der Waals surface area (Å²) in [7, 11) is 3.91. The van der Waals surface area contributed by atoms with E-state index in [1.165, 1.54) is 11.3 Å². The fourth-order valence-electron chi connectivity index (χ4n) is 4.64. The number of ether oxygens (including phenoxy) is 1. The van der Waals surface area contributed by atoms with E-state index in [9.17, 15) is 4.79 Å². The van der Waals surface area contributed by atoms with Crippen molar-refractivity contribution in [2.75, 3.05) is 33.8 Å². The van der Waals surface area contributed by atoms with Crippen LogP contribution in [0.4, 0.5) is 0 Å². The van der Waals surface area contributed by atoms with Gasteiger partial charge in [-0.25, -0.2) is 9.97 Å². The summed E-state index contributed by atoms with van der Waals surface area (Å²) in [6.07, 6.45) is 8.26. The molecule has 1 atom stereocenters. The lowest BCUT2D eigenvalue weighted by molar-refractivity contribution is -0.136. The van der Waals surface area contributed by atoms with Gasteiger partial charge in [-0.2, -0.15) is 0 Å². The number of carbonyl (C=O) groups excluding carboxylic acids is 1. The predicted octanol–water partition coefficient (Wildman–Crippen LogP) is 1.99. The summed E-state index contributed by atoms with van der Waals surface area (Å²) < 4.78 is 5.43. The van der Waals surface area contributed by atoms with E-state index in [-0.39, 0.29) is 5.92 Å². The molecule has 0 radical (unpaired) electrons. The number of rotatable bonds is 3. The van der Waals surface area contributed by atoms with Gasteiger partial charge in [0.25, 0.3) is 0 Å². The standard InChI is InChI=1S/C20H30N4O2/c1-23-9-8-18-16(12-23)11-21-19(22-18)15-7-10-24(13-15)20(25)14-3-5-17(26-2)6-4-14/h11,14-15,17H,3-10,12-13H2,1-2H3.